The topological polar surface area (TPSA) is 0 Å². The molecule has 0 nitrogen and oxygen atoms in total. The maximum atomic E-state index is 3.49. The van der Waals surface area contributed by atoms with Gasteiger partial charge in [-0.15, -0.1) is 0 Å². The third kappa shape index (κ3) is 31.9. The Labute approximate surface area is 96.9 Å². The van der Waals surface area contributed by atoms with Crippen molar-refractivity contribution in [2.45, 2.75) is 26.7 Å². The van der Waals surface area contributed by atoms with Crippen molar-refractivity contribution in [1.29, 1.82) is 0 Å². The summed E-state index contributed by atoms with van der Waals surface area (Å²) in [6.07, 6.45) is 2.00. The van der Waals surface area contributed by atoms with E-state index in [1.54, 1.807) is 0 Å². The van der Waals surface area contributed by atoms with Gasteiger partial charge in [-0.2, -0.15) is 31.0 Å². The summed E-state index contributed by atoms with van der Waals surface area (Å²) in [7, 11) is 0. The molecule has 67 valence electrons. The Hall–Kier alpha value is 0.233. The molecular formula is C11H19Zr. The van der Waals surface area contributed by atoms with Gasteiger partial charge >= 0.3 is 26.2 Å². The zero-order valence-corrected chi connectivity index (χ0v) is 10.7. The van der Waals surface area contributed by atoms with Gasteiger partial charge in [-0.05, 0) is 0 Å². The van der Waals surface area contributed by atoms with Crippen molar-refractivity contribution < 1.29 is 26.2 Å². The summed E-state index contributed by atoms with van der Waals surface area (Å²) in [4.78, 5) is 0. The summed E-state index contributed by atoms with van der Waals surface area (Å²) in [5.41, 5.74) is 0. The molecule has 0 aliphatic carbocycles. The van der Waals surface area contributed by atoms with E-state index >= 15 is 0 Å². The number of hydrogen-bond donors (Lipinski definition) is 0. The van der Waals surface area contributed by atoms with Gasteiger partial charge in [-0.3, -0.25) is 0 Å². The second-order valence-electron chi connectivity index (χ2n) is 1.96. The Balaban J connectivity index is -0.000000104. The smallest absolute Gasteiger partial charge is 0.344 e. The zero-order chi connectivity index (χ0) is 8.95. The zero-order valence-electron chi connectivity index (χ0n) is 8.22. The molecule has 1 rings (SSSR count). The van der Waals surface area contributed by atoms with Gasteiger partial charge in [0.1, 0.15) is 0 Å². The van der Waals surface area contributed by atoms with Crippen molar-refractivity contribution in [3.63, 3.8) is 0 Å². The monoisotopic (exact) mass is 241 g/mol. The van der Waals surface area contributed by atoms with Gasteiger partial charge in [-0.25, -0.2) is 12.1 Å². The van der Waals surface area contributed by atoms with Gasteiger partial charge in [0, 0.05) is 0 Å². The van der Waals surface area contributed by atoms with Gasteiger partial charge < -0.3 is 13.8 Å². The Kier molecular flexibility index (Phi) is 33.9. The molecule has 0 saturated heterocycles. The first-order chi connectivity index (χ1) is 5.33. The molecule has 1 aromatic rings. The molecule has 0 fully saturated rings. The van der Waals surface area contributed by atoms with Crippen LogP contribution in [0.25, 0.3) is 0 Å². The Morgan fingerprint density at radius 3 is 1.33 bits per heavy atom. The van der Waals surface area contributed by atoms with Crippen LogP contribution in [0.1, 0.15) is 26.7 Å². The van der Waals surface area contributed by atoms with Crippen molar-refractivity contribution in [3.05, 3.63) is 44.2 Å². The molecule has 0 amide bonds. The van der Waals surface area contributed by atoms with Crippen LogP contribution in [0, 0.1) is 13.8 Å². The van der Waals surface area contributed by atoms with Crippen LogP contribution in [0.2, 0.25) is 0 Å². The molecule has 0 aromatic heterocycles. The first kappa shape index (κ1) is 18.1. The van der Waals surface area contributed by atoms with E-state index in [0.717, 1.165) is 12.8 Å². The van der Waals surface area contributed by atoms with E-state index in [0.29, 0.717) is 0 Å². The number of hydrogen-bond acceptors (Lipinski definition) is 0. The van der Waals surface area contributed by atoms with Crippen LogP contribution < -0.4 is 0 Å². The standard InChI is InChI=1S/C5H5.2C3H7.Zr/c1-2-4-5-3-1;2*1-3-2;/h1-5H;2*1,3H2,2H3;/q3*-1;+3. The van der Waals surface area contributed by atoms with Crippen LogP contribution in [0.5, 0.6) is 0 Å². The van der Waals surface area contributed by atoms with Crippen LogP contribution in [0.15, 0.2) is 30.3 Å². The second-order valence-corrected chi connectivity index (χ2v) is 1.96. The van der Waals surface area contributed by atoms with Crippen molar-refractivity contribution in [2.75, 3.05) is 0 Å². The summed E-state index contributed by atoms with van der Waals surface area (Å²) in [6, 6.07) is 10.0. The summed E-state index contributed by atoms with van der Waals surface area (Å²) in [6.45, 7) is 11.0. The van der Waals surface area contributed by atoms with E-state index in [-0.39, 0.29) is 26.2 Å². The van der Waals surface area contributed by atoms with Gasteiger partial charge in [-0.1, -0.05) is 13.8 Å². The molecule has 1 aromatic carbocycles. The van der Waals surface area contributed by atoms with E-state index in [1.807, 2.05) is 44.2 Å². The molecule has 0 saturated carbocycles. The molecule has 1 heteroatoms. The molecule has 0 aliphatic heterocycles. The van der Waals surface area contributed by atoms with Crippen molar-refractivity contribution in [1.82, 2.24) is 0 Å². The largest absolute Gasteiger partial charge is 3.00 e. The van der Waals surface area contributed by atoms with Crippen LogP contribution in [-0.4, -0.2) is 0 Å². The van der Waals surface area contributed by atoms with E-state index in [4.69, 9.17) is 0 Å². The molecule has 0 unspecified atom stereocenters. The molecular weight excluding hydrogens is 223 g/mol. The third-order valence-corrected chi connectivity index (χ3v) is 0.556. The van der Waals surface area contributed by atoms with Crippen LogP contribution in [0.3, 0.4) is 0 Å². The normalized spacial score (nSPS) is 6.33. The molecule has 12 heavy (non-hydrogen) atoms. The molecule has 0 aliphatic rings. The SMILES string of the molecule is [CH2-]CC.[CH2-]CC.[Zr+3].c1cc[cH-]c1. The molecule has 0 spiro atoms. The van der Waals surface area contributed by atoms with Gasteiger partial charge in [0.2, 0.25) is 0 Å². The first-order valence-electron chi connectivity index (χ1n) is 4.08. The average molecular weight is 242 g/mol. The van der Waals surface area contributed by atoms with Gasteiger partial charge in [0.25, 0.3) is 0 Å². The summed E-state index contributed by atoms with van der Waals surface area (Å²) in [5.74, 6) is 0. The fraction of sp³-hybridized carbons (Fsp3) is 0.364. The second kappa shape index (κ2) is 22.5. The number of rotatable bonds is 0. The predicted molar refractivity (Wildman–Crippen MR) is 53.3 cm³/mol. The molecule has 0 atom stereocenters. The Morgan fingerprint density at radius 1 is 1.00 bits per heavy atom. The van der Waals surface area contributed by atoms with Crippen molar-refractivity contribution >= 4 is 0 Å². The first-order valence-corrected chi connectivity index (χ1v) is 4.08. The van der Waals surface area contributed by atoms with Gasteiger partial charge in [0.15, 0.2) is 0 Å². The van der Waals surface area contributed by atoms with Crippen LogP contribution >= 0.6 is 0 Å². The van der Waals surface area contributed by atoms with E-state index in [1.165, 1.54) is 0 Å². The van der Waals surface area contributed by atoms with Crippen LogP contribution in [-0.2, 0) is 26.2 Å². The molecule has 0 heterocycles. The summed E-state index contributed by atoms with van der Waals surface area (Å²) < 4.78 is 0. The minimum absolute atomic E-state index is 0. The minimum Gasteiger partial charge on any atom is -0.344 e. The summed E-state index contributed by atoms with van der Waals surface area (Å²) >= 11 is 0. The Bertz CT molecular complexity index is 80.5. The average Bonchev–Trinajstić information content (AvgIpc) is 2.44. The van der Waals surface area contributed by atoms with Crippen molar-refractivity contribution in [2.24, 2.45) is 0 Å². The molecule has 0 bridgehead atoms. The van der Waals surface area contributed by atoms with Crippen LogP contribution in [0.4, 0.5) is 0 Å². The van der Waals surface area contributed by atoms with E-state index in [9.17, 15) is 0 Å². The fourth-order valence-corrected chi connectivity index (χ4v) is 0.321. The maximum absolute atomic E-state index is 3.49. The van der Waals surface area contributed by atoms with Gasteiger partial charge in [0.05, 0.1) is 0 Å². The van der Waals surface area contributed by atoms with E-state index < -0.39 is 0 Å². The Morgan fingerprint density at radius 2 is 1.25 bits per heavy atom. The molecule has 1 radical (unpaired) electrons. The fourth-order valence-electron chi connectivity index (χ4n) is 0.321. The van der Waals surface area contributed by atoms with E-state index in [2.05, 4.69) is 13.8 Å². The quantitative estimate of drug-likeness (QED) is 0.606. The third-order valence-electron chi connectivity index (χ3n) is 0.556. The molecule has 0 N–H and O–H groups in total. The minimum atomic E-state index is 0. The summed E-state index contributed by atoms with van der Waals surface area (Å²) in [5, 5.41) is 0. The predicted octanol–water partition coefficient (Wildman–Crippen LogP) is 3.86. The van der Waals surface area contributed by atoms with Crippen molar-refractivity contribution in [3.8, 4) is 0 Å². The maximum Gasteiger partial charge on any atom is 3.00 e.